The predicted octanol–water partition coefficient (Wildman–Crippen LogP) is 3.47. The van der Waals surface area contributed by atoms with Crippen LogP contribution in [0.5, 0.6) is 0 Å². The molecule has 3 rings (SSSR count). The van der Waals surface area contributed by atoms with Gasteiger partial charge in [-0.25, -0.2) is 0 Å². The molecule has 1 atom stereocenters. The fourth-order valence-corrected chi connectivity index (χ4v) is 2.99. The molecule has 1 saturated carbocycles. The molecule has 2 aliphatic rings. The van der Waals surface area contributed by atoms with Crippen LogP contribution in [0.25, 0.3) is 0 Å². The van der Waals surface area contributed by atoms with Crippen molar-refractivity contribution in [2.24, 2.45) is 5.92 Å². The quantitative estimate of drug-likeness (QED) is 0.874. The van der Waals surface area contributed by atoms with E-state index in [-0.39, 0.29) is 0 Å². The van der Waals surface area contributed by atoms with Gasteiger partial charge in [-0.1, -0.05) is 24.3 Å². The maximum atomic E-state index is 5.43. The van der Waals surface area contributed by atoms with Gasteiger partial charge in [-0.2, -0.15) is 0 Å². The third-order valence-electron chi connectivity index (χ3n) is 4.63. The average molecular weight is 259 g/mol. The molecule has 2 nitrogen and oxygen atoms in total. The van der Waals surface area contributed by atoms with Crippen molar-refractivity contribution in [2.75, 3.05) is 13.2 Å². The Morgan fingerprint density at radius 2 is 1.79 bits per heavy atom. The Morgan fingerprint density at radius 3 is 2.42 bits per heavy atom. The van der Waals surface area contributed by atoms with Crippen molar-refractivity contribution < 1.29 is 4.74 Å². The minimum atomic E-state index is 0.590. The fraction of sp³-hybridized carbons (Fsp3) is 0.647. The molecular weight excluding hydrogens is 234 g/mol. The van der Waals surface area contributed by atoms with Gasteiger partial charge < -0.3 is 10.1 Å². The van der Waals surface area contributed by atoms with Crippen molar-refractivity contribution in [3.8, 4) is 0 Å². The molecule has 0 bridgehead atoms. The molecule has 1 heterocycles. The van der Waals surface area contributed by atoms with Crippen molar-refractivity contribution in [3.05, 3.63) is 35.4 Å². The largest absolute Gasteiger partial charge is 0.381 e. The highest BCUT2D eigenvalue weighted by Gasteiger charge is 2.23. The van der Waals surface area contributed by atoms with Crippen LogP contribution in [-0.4, -0.2) is 19.3 Å². The Bertz CT molecular complexity index is 390. The van der Waals surface area contributed by atoms with Gasteiger partial charge >= 0.3 is 0 Å². The Kier molecular flexibility index (Phi) is 4.19. The molecule has 0 amide bonds. The van der Waals surface area contributed by atoms with Crippen LogP contribution >= 0.6 is 0 Å². The highest BCUT2D eigenvalue weighted by Crippen LogP contribution is 2.39. The molecule has 19 heavy (non-hydrogen) atoms. The maximum Gasteiger partial charge on any atom is 0.0469 e. The maximum absolute atomic E-state index is 5.43. The zero-order valence-corrected chi connectivity index (χ0v) is 11.9. The highest BCUT2D eigenvalue weighted by molar-refractivity contribution is 5.27. The number of hydrogen-bond donors (Lipinski definition) is 1. The molecule has 2 fully saturated rings. The van der Waals surface area contributed by atoms with E-state index < -0.39 is 0 Å². The third kappa shape index (κ3) is 3.58. The molecule has 1 aliphatic carbocycles. The van der Waals surface area contributed by atoms with E-state index in [0.29, 0.717) is 6.04 Å². The number of hydrogen-bond acceptors (Lipinski definition) is 2. The van der Waals surface area contributed by atoms with Crippen LogP contribution in [0.4, 0.5) is 0 Å². The van der Waals surface area contributed by atoms with Gasteiger partial charge in [-0.3, -0.25) is 0 Å². The van der Waals surface area contributed by atoms with Crippen LogP contribution in [-0.2, 0) is 11.3 Å². The van der Waals surface area contributed by atoms with Crippen LogP contribution in [0.3, 0.4) is 0 Å². The lowest BCUT2D eigenvalue weighted by atomic mass is 9.93. The fourth-order valence-electron chi connectivity index (χ4n) is 2.99. The van der Waals surface area contributed by atoms with E-state index in [4.69, 9.17) is 4.74 Å². The molecule has 0 spiro atoms. The molecule has 1 aromatic rings. The number of benzene rings is 1. The van der Waals surface area contributed by atoms with Crippen LogP contribution in [0, 0.1) is 5.92 Å². The molecule has 104 valence electrons. The van der Waals surface area contributed by atoms with Crippen molar-refractivity contribution in [1.82, 2.24) is 5.32 Å². The Labute approximate surface area is 116 Å². The van der Waals surface area contributed by atoms with E-state index in [2.05, 4.69) is 36.5 Å². The van der Waals surface area contributed by atoms with Crippen molar-refractivity contribution in [2.45, 2.75) is 51.1 Å². The average Bonchev–Trinajstić information content (AvgIpc) is 3.31. The van der Waals surface area contributed by atoms with Gasteiger partial charge in [0.1, 0.15) is 0 Å². The van der Waals surface area contributed by atoms with E-state index in [1.54, 1.807) is 0 Å². The Morgan fingerprint density at radius 1 is 1.11 bits per heavy atom. The lowest BCUT2D eigenvalue weighted by molar-refractivity contribution is 0.0558. The van der Waals surface area contributed by atoms with Crippen LogP contribution in [0.2, 0.25) is 0 Å². The lowest BCUT2D eigenvalue weighted by Crippen LogP contribution is -2.36. The minimum Gasteiger partial charge on any atom is -0.381 e. The van der Waals surface area contributed by atoms with Gasteiger partial charge in [0.15, 0.2) is 0 Å². The summed E-state index contributed by atoms with van der Waals surface area (Å²) in [5.41, 5.74) is 2.93. The topological polar surface area (TPSA) is 21.3 Å². The number of nitrogens with one attached hydrogen (secondary N) is 1. The first kappa shape index (κ1) is 13.1. The van der Waals surface area contributed by atoms with Gasteiger partial charge in [0, 0.05) is 25.8 Å². The summed E-state index contributed by atoms with van der Waals surface area (Å²) in [6.07, 6.45) is 5.18. The standard InChI is InChI=1S/C17H25NO/c1-13(15-8-10-19-11-9-15)18-12-14-2-4-16(5-3-14)17-6-7-17/h2-5,13,15,17-18H,6-12H2,1H3. The highest BCUT2D eigenvalue weighted by atomic mass is 16.5. The first-order chi connectivity index (χ1) is 9.33. The first-order valence-electron chi connectivity index (χ1n) is 7.73. The van der Waals surface area contributed by atoms with Gasteiger partial charge in [-0.05, 0) is 55.6 Å². The van der Waals surface area contributed by atoms with Gasteiger partial charge in [0.05, 0.1) is 0 Å². The summed E-state index contributed by atoms with van der Waals surface area (Å²) in [7, 11) is 0. The van der Waals surface area contributed by atoms with Crippen molar-refractivity contribution >= 4 is 0 Å². The predicted molar refractivity (Wildman–Crippen MR) is 78.3 cm³/mol. The van der Waals surface area contributed by atoms with Crippen LogP contribution in [0.1, 0.15) is 49.7 Å². The second-order valence-corrected chi connectivity index (χ2v) is 6.14. The molecule has 1 saturated heterocycles. The summed E-state index contributed by atoms with van der Waals surface area (Å²) in [4.78, 5) is 0. The minimum absolute atomic E-state index is 0.590. The summed E-state index contributed by atoms with van der Waals surface area (Å²) in [5.74, 6) is 1.64. The van der Waals surface area contributed by atoms with Gasteiger partial charge in [0.25, 0.3) is 0 Å². The molecule has 1 N–H and O–H groups in total. The monoisotopic (exact) mass is 259 g/mol. The zero-order valence-electron chi connectivity index (χ0n) is 11.9. The second-order valence-electron chi connectivity index (χ2n) is 6.14. The Hall–Kier alpha value is -0.860. The molecular formula is C17H25NO. The van der Waals surface area contributed by atoms with E-state index in [1.807, 2.05) is 0 Å². The molecule has 0 radical (unpaired) electrons. The summed E-state index contributed by atoms with van der Waals surface area (Å²) < 4.78 is 5.43. The number of rotatable bonds is 5. The SMILES string of the molecule is CC(NCc1ccc(C2CC2)cc1)C1CCOCC1. The normalized spacial score (nSPS) is 22.4. The summed E-state index contributed by atoms with van der Waals surface area (Å²) in [6.45, 7) is 5.18. The second kappa shape index (κ2) is 6.06. The Balaban J connectivity index is 1.47. The molecule has 1 aliphatic heterocycles. The smallest absolute Gasteiger partial charge is 0.0469 e. The zero-order chi connectivity index (χ0) is 13.1. The molecule has 1 aromatic carbocycles. The van der Waals surface area contributed by atoms with E-state index in [0.717, 1.165) is 31.6 Å². The summed E-state index contributed by atoms with van der Waals surface area (Å²) >= 11 is 0. The molecule has 2 heteroatoms. The van der Waals surface area contributed by atoms with Crippen LogP contribution < -0.4 is 5.32 Å². The lowest BCUT2D eigenvalue weighted by Gasteiger charge is -2.28. The molecule has 0 aromatic heterocycles. The third-order valence-corrected chi connectivity index (χ3v) is 4.63. The number of ether oxygens (including phenoxy) is 1. The van der Waals surface area contributed by atoms with Gasteiger partial charge in [-0.15, -0.1) is 0 Å². The summed E-state index contributed by atoms with van der Waals surface area (Å²) in [6, 6.07) is 9.79. The van der Waals surface area contributed by atoms with Crippen molar-refractivity contribution in [3.63, 3.8) is 0 Å². The van der Waals surface area contributed by atoms with E-state index in [9.17, 15) is 0 Å². The van der Waals surface area contributed by atoms with E-state index >= 15 is 0 Å². The van der Waals surface area contributed by atoms with Crippen LogP contribution in [0.15, 0.2) is 24.3 Å². The molecule has 1 unspecified atom stereocenters. The van der Waals surface area contributed by atoms with Crippen molar-refractivity contribution in [1.29, 1.82) is 0 Å². The van der Waals surface area contributed by atoms with Gasteiger partial charge in [0.2, 0.25) is 0 Å². The first-order valence-corrected chi connectivity index (χ1v) is 7.73. The van der Waals surface area contributed by atoms with E-state index in [1.165, 1.54) is 36.8 Å². The summed E-state index contributed by atoms with van der Waals surface area (Å²) in [5, 5.41) is 3.68.